The molecule has 0 atom stereocenters. The Kier molecular flexibility index (Phi) is 4.45. The predicted octanol–water partition coefficient (Wildman–Crippen LogP) is 2.49. The number of methoxy groups -OCH3 is 1. The number of fused-ring (bicyclic) bond motifs is 2. The highest BCUT2D eigenvalue weighted by Gasteiger charge is 2.32. The third-order valence-electron chi connectivity index (χ3n) is 5.64. The number of hydrogen-bond donors (Lipinski definition) is 1. The summed E-state index contributed by atoms with van der Waals surface area (Å²) in [4.78, 5) is 2.51. The highest BCUT2D eigenvalue weighted by molar-refractivity contribution is 5.71. The Balaban J connectivity index is 1.81. The van der Waals surface area contributed by atoms with Gasteiger partial charge in [-0.1, -0.05) is 6.42 Å². The van der Waals surface area contributed by atoms with Crippen LogP contribution in [0.2, 0.25) is 0 Å². The Hall–Kier alpha value is -1.26. The van der Waals surface area contributed by atoms with Gasteiger partial charge < -0.3 is 19.7 Å². The first-order chi connectivity index (χ1) is 11.4. The zero-order chi connectivity index (χ0) is 15.6. The lowest BCUT2D eigenvalue weighted by Gasteiger charge is -2.39. The third-order valence-corrected chi connectivity index (χ3v) is 5.64. The molecule has 1 aromatic rings. The van der Waals surface area contributed by atoms with Gasteiger partial charge in [-0.15, -0.1) is 0 Å². The van der Waals surface area contributed by atoms with Crippen molar-refractivity contribution < 1.29 is 9.47 Å². The van der Waals surface area contributed by atoms with E-state index in [0.717, 1.165) is 63.9 Å². The van der Waals surface area contributed by atoms with Crippen LogP contribution in [0.25, 0.3) is 0 Å². The Morgan fingerprint density at radius 1 is 1.30 bits per heavy atom. The number of benzene rings is 1. The first-order valence-electron chi connectivity index (χ1n) is 9.14. The monoisotopic (exact) mass is 316 g/mol. The summed E-state index contributed by atoms with van der Waals surface area (Å²) in [5.41, 5.74) is 6.14. The summed E-state index contributed by atoms with van der Waals surface area (Å²) in [6.45, 7) is 5.70. The molecule has 1 saturated carbocycles. The van der Waals surface area contributed by atoms with Gasteiger partial charge in [0.1, 0.15) is 12.4 Å². The maximum absolute atomic E-state index is 6.10. The van der Waals surface area contributed by atoms with E-state index < -0.39 is 0 Å². The van der Waals surface area contributed by atoms with Gasteiger partial charge in [0.05, 0.1) is 18.8 Å². The molecule has 0 amide bonds. The van der Waals surface area contributed by atoms with Crippen LogP contribution in [0.15, 0.2) is 6.07 Å². The number of ether oxygens (including phenoxy) is 2. The van der Waals surface area contributed by atoms with Crippen LogP contribution in [-0.4, -0.2) is 46.5 Å². The van der Waals surface area contributed by atoms with Crippen LogP contribution in [0.3, 0.4) is 0 Å². The quantitative estimate of drug-likeness (QED) is 0.925. The van der Waals surface area contributed by atoms with Gasteiger partial charge in [-0.2, -0.15) is 0 Å². The number of nitrogens with one attached hydrogen (secondary N) is 1. The van der Waals surface area contributed by atoms with Crippen LogP contribution in [-0.2, 0) is 17.6 Å². The number of anilines is 1. The summed E-state index contributed by atoms with van der Waals surface area (Å²) in [5.74, 6) is 1.86. The van der Waals surface area contributed by atoms with E-state index in [1.807, 2.05) is 0 Å². The number of nitrogens with zero attached hydrogens (tertiary/aromatic N) is 1. The van der Waals surface area contributed by atoms with Crippen LogP contribution in [0.5, 0.6) is 5.75 Å². The normalized spacial score (nSPS) is 21.0. The molecule has 4 heteroatoms. The molecule has 4 rings (SSSR count). The molecule has 1 aromatic carbocycles. The number of rotatable bonds is 4. The van der Waals surface area contributed by atoms with Crippen molar-refractivity contribution >= 4 is 5.69 Å². The van der Waals surface area contributed by atoms with Gasteiger partial charge in [0.2, 0.25) is 0 Å². The Bertz CT molecular complexity index is 569. The summed E-state index contributed by atoms with van der Waals surface area (Å²) in [6, 6.07) is 2.33. The van der Waals surface area contributed by atoms with Crippen molar-refractivity contribution in [3.05, 3.63) is 22.8 Å². The van der Waals surface area contributed by atoms with Crippen LogP contribution in [0.4, 0.5) is 5.69 Å². The largest absolute Gasteiger partial charge is 0.490 e. The maximum Gasteiger partial charge on any atom is 0.143 e. The smallest absolute Gasteiger partial charge is 0.143 e. The van der Waals surface area contributed by atoms with Crippen molar-refractivity contribution in [2.75, 3.05) is 51.4 Å². The van der Waals surface area contributed by atoms with E-state index in [2.05, 4.69) is 16.3 Å². The summed E-state index contributed by atoms with van der Waals surface area (Å²) in [5, 5.41) is 3.56. The van der Waals surface area contributed by atoms with Gasteiger partial charge >= 0.3 is 0 Å². The minimum absolute atomic E-state index is 0.739. The van der Waals surface area contributed by atoms with E-state index in [9.17, 15) is 0 Å². The molecule has 4 nitrogen and oxygen atoms in total. The average Bonchev–Trinajstić information content (AvgIpc) is 2.76. The van der Waals surface area contributed by atoms with Crippen LogP contribution < -0.4 is 15.0 Å². The lowest BCUT2D eigenvalue weighted by molar-refractivity contribution is 0.201. The van der Waals surface area contributed by atoms with Gasteiger partial charge in [-0.25, -0.2) is 0 Å². The lowest BCUT2D eigenvalue weighted by atomic mass is 9.75. The summed E-state index contributed by atoms with van der Waals surface area (Å²) in [7, 11) is 1.79. The van der Waals surface area contributed by atoms with Crippen LogP contribution in [0, 0.1) is 0 Å². The van der Waals surface area contributed by atoms with E-state index >= 15 is 0 Å². The average molecular weight is 316 g/mol. The van der Waals surface area contributed by atoms with Gasteiger partial charge in [0, 0.05) is 13.7 Å². The zero-order valence-corrected chi connectivity index (χ0v) is 14.2. The van der Waals surface area contributed by atoms with Crippen molar-refractivity contribution in [1.29, 1.82) is 0 Å². The van der Waals surface area contributed by atoms with E-state index in [1.165, 1.54) is 30.5 Å². The minimum atomic E-state index is 0.739. The third kappa shape index (κ3) is 2.83. The van der Waals surface area contributed by atoms with Gasteiger partial charge in [0.25, 0.3) is 0 Å². The van der Waals surface area contributed by atoms with E-state index in [0.29, 0.717) is 0 Å². The van der Waals surface area contributed by atoms with Crippen molar-refractivity contribution in [3.63, 3.8) is 0 Å². The molecule has 0 bridgehead atoms. The molecule has 0 aromatic heterocycles. The standard InChI is InChI=1S/C19H28N2O2/c1-22-11-9-21-10-12-23-17-13-15-5-7-20-8-6-16(15)18(19(17)21)14-3-2-4-14/h13-14,20H,2-12H2,1H3. The van der Waals surface area contributed by atoms with E-state index in [4.69, 9.17) is 9.47 Å². The maximum atomic E-state index is 6.10. The molecule has 0 unspecified atom stereocenters. The second kappa shape index (κ2) is 6.70. The van der Waals surface area contributed by atoms with Gasteiger partial charge in [0.15, 0.2) is 0 Å². The highest BCUT2D eigenvalue weighted by Crippen LogP contribution is 2.49. The molecule has 126 valence electrons. The number of hydrogen-bond acceptors (Lipinski definition) is 4. The minimum Gasteiger partial charge on any atom is -0.490 e. The fourth-order valence-corrected chi connectivity index (χ4v) is 4.22. The molecule has 2 aliphatic heterocycles. The Morgan fingerprint density at radius 3 is 2.96 bits per heavy atom. The predicted molar refractivity (Wildman–Crippen MR) is 92.9 cm³/mol. The van der Waals surface area contributed by atoms with Crippen molar-refractivity contribution in [1.82, 2.24) is 5.32 Å². The SMILES string of the molecule is COCCN1CCOc2cc3c(c(C4CCC4)c21)CCNCC3. The fraction of sp³-hybridized carbons (Fsp3) is 0.684. The van der Waals surface area contributed by atoms with E-state index in [1.54, 1.807) is 18.2 Å². The first-order valence-corrected chi connectivity index (χ1v) is 9.14. The molecule has 1 fully saturated rings. The molecular formula is C19H28N2O2. The summed E-state index contributed by atoms with van der Waals surface area (Å²) >= 11 is 0. The molecule has 2 heterocycles. The molecule has 23 heavy (non-hydrogen) atoms. The molecular weight excluding hydrogens is 288 g/mol. The molecule has 0 radical (unpaired) electrons. The Labute approximate surface area is 139 Å². The summed E-state index contributed by atoms with van der Waals surface area (Å²) in [6.07, 6.45) is 6.35. The fourth-order valence-electron chi connectivity index (χ4n) is 4.22. The van der Waals surface area contributed by atoms with Crippen molar-refractivity contribution in [3.8, 4) is 5.75 Å². The van der Waals surface area contributed by atoms with Crippen molar-refractivity contribution in [2.24, 2.45) is 0 Å². The van der Waals surface area contributed by atoms with Crippen LogP contribution >= 0.6 is 0 Å². The van der Waals surface area contributed by atoms with Gasteiger partial charge in [-0.3, -0.25) is 0 Å². The summed E-state index contributed by atoms with van der Waals surface area (Å²) < 4.78 is 11.4. The lowest BCUT2D eigenvalue weighted by Crippen LogP contribution is -2.37. The van der Waals surface area contributed by atoms with E-state index in [-0.39, 0.29) is 0 Å². The molecule has 1 N–H and O–H groups in total. The first kappa shape index (κ1) is 15.3. The van der Waals surface area contributed by atoms with Crippen LogP contribution in [0.1, 0.15) is 41.9 Å². The highest BCUT2D eigenvalue weighted by atomic mass is 16.5. The second-order valence-corrected chi connectivity index (χ2v) is 6.98. The molecule has 1 aliphatic carbocycles. The molecule has 3 aliphatic rings. The van der Waals surface area contributed by atoms with Gasteiger partial charge in [-0.05, 0) is 67.4 Å². The Morgan fingerprint density at radius 2 is 2.17 bits per heavy atom. The molecule has 0 saturated heterocycles. The van der Waals surface area contributed by atoms with Crippen molar-refractivity contribution in [2.45, 2.75) is 38.0 Å². The second-order valence-electron chi connectivity index (χ2n) is 6.98. The topological polar surface area (TPSA) is 33.7 Å². The molecule has 0 spiro atoms. The zero-order valence-electron chi connectivity index (χ0n) is 14.2.